The first kappa shape index (κ1) is 28.1. The van der Waals surface area contributed by atoms with Crippen LogP contribution in [0.3, 0.4) is 0 Å². The van der Waals surface area contributed by atoms with Gasteiger partial charge in [0.1, 0.15) is 13.2 Å². The Kier molecular flexibility index (Phi) is 9.09. The normalized spacial score (nSPS) is 22.4. The first-order valence-corrected chi connectivity index (χ1v) is 12.6. The van der Waals surface area contributed by atoms with Gasteiger partial charge in [0.25, 0.3) is 0 Å². The Hall–Kier alpha value is -2.92. The fourth-order valence-corrected chi connectivity index (χ4v) is 4.40. The monoisotopic (exact) mass is 610 g/mol. The molecule has 0 unspecified atom stereocenters. The van der Waals surface area contributed by atoms with Crippen molar-refractivity contribution in [3.8, 4) is 0 Å². The molecular weight excluding hydrogens is 590 g/mol. The molecule has 0 radical (unpaired) electrons. The highest BCUT2D eigenvalue weighted by atomic mass is 35.5. The van der Waals surface area contributed by atoms with Gasteiger partial charge in [-0.05, 0) is 23.4 Å². The SMILES string of the molecule is Nc1nc(Cl)nnc1Cl.Nc1nc(N2CCN3C(=O)OC[C@@H]3C2)nnc1Cl.O=C1OC[C@@H]2CN(Cl)CCN12. The van der Waals surface area contributed by atoms with Crippen molar-refractivity contribution < 1.29 is 19.1 Å². The maximum absolute atomic E-state index is 11.4. The van der Waals surface area contributed by atoms with Crippen molar-refractivity contribution in [2.24, 2.45) is 0 Å². The molecule has 4 saturated heterocycles. The standard InChI is InChI=1S/C9H11ClN6O2.C6H9ClN2O2.C3H2Cl2N4/c10-6-7(11)12-8(14-13-6)15-1-2-16-5(3-15)4-18-9(16)17;7-8-1-2-9-5(3-8)4-11-6(9)10;4-1-2(6)7-3(5)9-8-1/h5H,1-4H2,(H2,11,12,14);5H,1-4H2;(H2,6,7,9)/t2*5-;/m00./s1. The van der Waals surface area contributed by atoms with Crippen LogP contribution in [0.4, 0.5) is 27.2 Å². The number of hydrogen-bond donors (Lipinski definition) is 2. The molecule has 4 aliphatic heterocycles. The zero-order valence-electron chi connectivity index (χ0n) is 19.6. The van der Waals surface area contributed by atoms with Crippen LogP contribution in [0, 0.1) is 0 Å². The Morgan fingerprint density at radius 2 is 1.29 bits per heavy atom. The van der Waals surface area contributed by atoms with Crippen molar-refractivity contribution in [1.82, 2.24) is 44.6 Å². The Labute approximate surface area is 236 Å². The summed E-state index contributed by atoms with van der Waals surface area (Å²) in [6.45, 7) is 4.82. The second-order valence-electron chi connectivity index (χ2n) is 8.21. The van der Waals surface area contributed by atoms with Gasteiger partial charge in [-0.25, -0.2) is 14.0 Å². The van der Waals surface area contributed by atoms with E-state index in [1.54, 1.807) is 14.2 Å². The molecule has 38 heavy (non-hydrogen) atoms. The number of nitrogen functional groups attached to an aromatic ring is 2. The summed E-state index contributed by atoms with van der Waals surface area (Å²) in [7, 11) is 0. The van der Waals surface area contributed by atoms with E-state index in [0.29, 0.717) is 51.9 Å². The fourth-order valence-electron chi connectivity index (χ4n) is 3.88. The van der Waals surface area contributed by atoms with Gasteiger partial charge in [-0.15, -0.1) is 20.4 Å². The van der Waals surface area contributed by atoms with Crippen molar-refractivity contribution in [3.05, 3.63) is 15.6 Å². The zero-order valence-corrected chi connectivity index (χ0v) is 22.6. The van der Waals surface area contributed by atoms with E-state index in [0.717, 1.165) is 6.54 Å². The number of nitrogens with two attached hydrogens (primary N) is 2. The number of carbonyl (C=O) groups excluding carboxylic acids is 2. The van der Waals surface area contributed by atoms with E-state index in [9.17, 15) is 9.59 Å². The molecular formula is C18H22Cl4N12O4. The quantitative estimate of drug-likeness (QED) is 0.429. The molecule has 2 aromatic rings. The number of amides is 2. The number of carbonyl (C=O) groups is 2. The van der Waals surface area contributed by atoms with Gasteiger partial charge in [-0.3, -0.25) is 9.80 Å². The second-order valence-corrected chi connectivity index (χ2v) is 9.74. The van der Waals surface area contributed by atoms with E-state index < -0.39 is 0 Å². The van der Waals surface area contributed by atoms with Crippen LogP contribution in [0.5, 0.6) is 0 Å². The molecule has 0 bridgehead atoms. The average molecular weight is 612 g/mol. The molecule has 16 nitrogen and oxygen atoms in total. The topological polar surface area (TPSA) is 195 Å². The van der Waals surface area contributed by atoms with Crippen LogP contribution in [-0.4, -0.2) is 121 Å². The van der Waals surface area contributed by atoms with Crippen LogP contribution in [0.15, 0.2) is 0 Å². The molecule has 6 rings (SSSR count). The number of anilines is 3. The summed E-state index contributed by atoms with van der Waals surface area (Å²) in [6.07, 6.45) is -0.450. The van der Waals surface area contributed by atoms with Crippen molar-refractivity contribution in [3.63, 3.8) is 0 Å². The number of rotatable bonds is 1. The summed E-state index contributed by atoms with van der Waals surface area (Å²) < 4.78 is 11.5. The first-order valence-electron chi connectivity index (χ1n) is 11.1. The number of halogens is 4. The van der Waals surface area contributed by atoms with E-state index >= 15 is 0 Å². The highest BCUT2D eigenvalue weighted by Gasteiger charge is 2.38. The minimum atomic E-state index is -0.255. The van der Waals surface area contributed by atoms with Crippen LogP contribution in [0.25, 0.3) is 0 Å². The summed E-state index contributed by atoms with van der Waals surface area (Å²) >= 11 is 22.1. The summed E-state index contributed by atoms with van der Waals surface area (Å²) in [4.78, 5) is 35.3. The third-order valence-electron chi connectivity index (χ3n) is 5.77. The highest BCUT2D eigenvalue weighted by Crippen LogP contribution is 2.22. The summed E-state index contributed by atoms with van der Waals surface area (Å²) in [5, 5.41) is 14.5. The van der Waals surface area contributed by atoms with Crippen LogP contribution in [0.2, 0.25) is 15.6 Å². The van der Waals surface area contributed by atoms with Gasteiger partial charge in [0.05, 0.1) is 12.1 Å². The van der Waals surface area contributed by atoms with Crippen LogP contribution in [-0.2, 0) is 9.47 Å². The highest BCUT2D eigenvalue weighted by molar-refractivity contribution is 6.32. The van der Waals surface area contributed by atoms with Gasteiger partial charge in [0.15, 0.2) is 21.9 Å². The van der Waals surface area contributed by atoms with Gasteiger partial charge in [0.2, 0.25) is 11.2 Å². The molecule has 0 aromatic carbocycles. The number of nitrogens with zero attached hydrogens (tertiary/aromatic N) is 10. The van der Waals surface area contributed by atoms with Gasteiger partial charge in [-0.2, -0.15) is 9.97 Å². The molecule has 0 saturated carbocycles. The third-order valence-corrected chi connectivity index (χ3v) is 6.78. The average Bonchev–Trinajstić information content (AvgIpc) is 3.45. The first-order chi connectivity index (χ1) is 18.1. The molecule has 20 heteroatoms. The Bertz CT molecular complexity index is 1180. The fraction of sp³-hybridized carbons (Fsp3) is 0.556. The van der Waals surface area contributed by atoms with Crippen molar-refractivity contribution in [2.45, 2.75) is 12.1 Å². The largest absolute Gasteiger partial charge is 0.447 e. The molecule has 4 aliphatic rings. The second kappa shape index (κ2) is 12.3. The number of aromatic nitrogens is 6. The maximum atomic E-state index is 11.4. The molecule has 0 aliphatic carbocycles. The Morgan fingerprint density at radius 1 is 0.737 bits per heavy atom. The Morgan fingerprint density at radius 3 is 1.87 bits per heavy atom. The lowest BCUT2D eigenvalue weighted by molar-refractivity contribution is 0.148. The van der Waals surface area contributed by atoms with Crippen LogP contribution in [0.1, 0.15) is 0 Å². The molecule has 206 valence electrons. The van der Waals surface area contributed by atoms with Gasteiger partial charge >= 0.3 is 12.2 Å². The van der Waals surface area contributed by atoms with Crippen molar-refractivity contribution in [2.75, 3.05) is 68.8 Å². The number of ether oxygens (including phenoxy) is 2. The third kappa shape index (κ3) is 6.74. The lowest BCUT2D eigenvalue weighted by atomic mass is 10.2. The summed E-state index contributed by atoms with van der Waals surface area (Å²) in [5.74, 6) is 0.676. The van der Waals surface area contributed by atoms with Gasteiger partial charge < -0.3 is 25.8 Å². The Balaban J connectivity index is 0.000000144. The van der Waals surface area contributed by atoms with Gasteiger partial charge in [-0.1, -0.05) is 23.2 Å². The zero-order chi connectivity index (χ0) is 27.4. The summed E-state index contributed by atoms with van der Waals surface area (Å²) in [6, 6.07) is 0.209. The van der Waals surface area contributed by atoms with Crippen LogP contribution >= 0.6 is 46.6 Å². The van der Waals surface area contributed by atoms with E-state index in [-0.39, 0.29) is 51.5 Å². The number of piperazine rings is 2. The smallest absolute Gasteiger partial charge is 0.410 e. The molecule has 0 spiro atoms. The van der Waals surface area contributed by atoms with Crippen molar-refractivity contribution in [1.29, 1.82) is 0 Å². The van der Waals surface area contributed by atoms with Crippen molar-refractivity contribution >= 4 is 76.4 Å². The van der Waals surface area contributed by atoms with Gasteiger partial charge in [0, 0.05) is 39.3 Å². The van der Waals surface area contributed by atoms with E-state index in [1.807, 2.05) is 4.90 Å². The predicted molar refractivity (Wildman–Crippen MR) is 137 cm³/mol. The molecule has 4 fully saturated rings. The minimum Gasteiger partial charge on any atom is -0.447 e. The molecule has 4 N–H and O–H groups in total. The lowest BCUT2D eigenvalue weighted by Crippen LogP contribution is -2.52. The molecule has 2 aromatic heterocycles. The van der Waals surface area contributed by atoms with Crippen LogP contribution < -0.4 is 16.4 Å². The minimum absolute atomic E-state index is 0.00287. The number of hydrogen-bond acceptors (Lipinski definition) is 14. The predicted octanol–water partition coefficient (Wildman–Crippen LogP) is 0.785. The maximum Gasteiger partial charge on any atom is 0.410 e. The number of cyclic esters (lactones) is 2. The van der Waals surface area contributed by atoms with E-state index in [2.05, 4.69) is 30.4 Å². The molecule has 6 heterocycles. The van der Waals surface area contributed by atoms with E-state index in [4.69, 9.17) is 67.5 Å². The molecule has 2 atom stereocenters. The molecule has 2 amide bonds. The van der Waals surface area contributed by atoms with E-state index in [1.165, 1.54) is 0 Å². The summed E-state index contributed by atoms with van der Waals surface area (Å²) in [5.41, 5.74) is 10.8. The lowest BCUT2D eigenvalue weighted by Gasteiger charge is -2.35. The number of fused-ring (bicyclic) bond motifs is 2.